The van der Waals surface area contributed by atoms with Crippen molar-refractivity contribution in [3.8, 4) is 0 Å². The molecule has 9 nitrogen and oxygen atoms in total. The standard InChI is InChI=1S/C17H15N3O6/c1-2-26-17(23)11-3-5-12(6-4-11)18-15(21)16(22)19-13-7-9-14(10-8-13)20(24)25/h3-10H,2H2,1H3,(H,18,21)(H,19,22). The summed E-state index contributed by atoms with van der Waals surface area (Å²) in [5.41, 5.74) is 0.754. The number of ether oxygens (including phenoxy) is 1. The number of nitrogens with one attached hydrogen (secondary N) is 2. The highest BCUT2D eigenvalue weighted by Gasteiger charge is 2.15. The number of nitro groups is 1. The molecule has 0 saturated heterocycles. The van der Waals surface area contributed by atoms with Crippen LogP contribution in [0.2, 0.25) is 0 Å². The van der Waals surface area contributed by atoms with Crippen molar-refractivity contribution < 1.29 is 24.0 Å². The van der Waals surface area contributed by atoms with Crippen molar-refractivity contribution in [2.45, 2.75) is 6.92 Å². The average molecular weight is 357 g/mol. The van der Waals surface area contributed by atoms with E-state index in [2.05, 4.69) is 10.6 Å². The molecule has 2 aromatic rings. The molecule has 2 aromatic carbocycles. The minimum Gasteiger partial charge on any atom is -0.462 e. The molecule has 0 aromatic heterocycles. The number of esters is 1. The smallest absolute Gasteiger partial charge is 0.338 e. The van der Waals surface area contributed by atoms with E-state index >= 15 is 0 Å². The topological polar surface area (TPSA) is 128 Å². The van der Waals surface area contributed by atoms with Gasteiger partial charge in [0.25, 0.3) is 5.69 Å². The number of amides is 2. The van der Waals surface area contributed by atoms with E-state index in [4.69, 9.17) is 4.74 Å². The van der Waals surface area contributed by atoms with Crippen molar-refractivity contribution in [1.82, 2.24) is 0 Å². The van der Waals surface area contributed by atoms with Gasteiger partial charge in [-0.2, -0.15) is 0 Å². The van der Waals surface area contributed by atoms with Crippen LogP contribution in [-0.4, -0.2) is 29.3 Å². The highest BCUT2D eigenvalue weighted by atomic mass is 16.6. The lowest BCUT2D eigenvalue weighted by Gasteiger charge is -2.07. The first-order valence-electron chi connectivity index (χ1n) is 7.54. The molecule has 0 spiro atoms. The highest BCUT2D eigenvalue weighted by molar-refractivity contribution is 6.43. The van der Waals surface area contributed by atoms with Crippen molar-refractivity contribution in [1.29, 1.82) is 0 Å². The summed E-state index contributed by atoms with van der Waals surface area (Å²) in [4.78, 5) is 45.3. The zero-order chi connectivity index (χ0) is 19.1. The molecule has 2 N–H and O–H groups in total. The van der Waals surface area contributed by atoms with Crippen molar-refractivity contribution in [3.63, 3.8) is 0 Å². The highest BCUT2D eigenvalue weighted by Crippen LogP contribution is 2.15. The molecule has 0 saturated carbocycles. The Morgan fingerprint density at radius 3 is 1.81 bits per heavy atom. The zero-order valence-corrected chi connectivity index (χ0v) is 13.7. The van der Waals surface area contributed by atoms with E-state index in [9.17, 15) is 24.5 Å². The predicted molar refractivity (Wildman–Crippen MR) is 92.8 cm³/mol. The molecule has 9 heteroatoms. The first kappa shape index (κ1) is 18.6. The second-order valence-corrected chi connectivity index (χ2v) is 5.01. The largest absolute Gasteiger partial charge is 0.462 e. The van der Waals surface area contributed by atoms with Crippen LogP contribution in [0.25, 0.3) is 0 Å². The van der Waals surface area contributed by atoms with E-state index in [1.54, 1.807) is 6.92 Å². The van der Waals surface area contributed by atoms with Crippen molar-refractivity contribution >= 4 is 34.8 Å². The lowest BCUT2D eigenvalue weighted by molar-refractivity contribution is -0.384. The number of hydrogen-bond donors (Lipinski definition) is 2. The van der Waals surface area contributed by atoms with Crippen LogP contribution in [0.5, 0.6) is 0 Å². The maximum Gasteiger partial charge on any atom is 0.338 e. The second-order valence-electron chi connectivity index (χ2n) is 5.01. The monoisotopic (exact) mass is 357 g/mol. The molecule has 0 unspecified atom stereocenters. The molecule has 0 aliphatic heterocycles. The number of benzene rings is 2. The Morgan fingerprint density at radius 2 is 1.38 bits per heavy atom. The van der Waals surface area contributed by atoms with E-state index in [1.165, 1.54) is 48.5 Å². The van der Waals surface area contributed by atoms with Gasteiger partial charge in [0.2, 0.25) is 0 Å². The minimum atomic E-state index is -0.937. The maximum atomic E-state index is 11.9. The summed E-state index contributed by atoms with van der Waals surface area (Å²) in [6.07, 6.45) is 0. The summed E-state index contributed by atoms with van der Waals surface area (Å²) >= 11 is 0. The Kier molecular flexibility index (Phi) is 5.99. The SMILES string of the molecule is CCOC(=O)c1ccc(NC(=O)C(=O)Nc2ccc([N+](=O)[O-])cc2)cc1. The van der Waals surface area contributed by atoms with Crippen LogP contribution in [0.3, 0.4) is 0 Å². The van der Waals surface area contributed by atoms with Gasteiger partial charge in [0.05, 0.1) is 17.1 Å². The third-order valence-electron chi connectivity index (χ3n) is 3.20. The lowest BCUT2D eigenvalue weighted by Crippen LogP contribution is -2.29. The fourth-order valence-electron chi connectivity index (χ4n) is 1.95. The van der Waals surface area contributed by atoms with Crippen molar-refractivity contribution in [2.24, 2.45) is 0 Å². The number of nitrogens with zero attached hydrogens (tertiary/aromatic N) is 1. The molecule has 26 heavy (non-hydrogen) atoms. The first-order chi connectivity index (χ1) is 12.4. The number of nitro benzene ring substituents is 1. The number of hydrogen-bond acceptors (Lipinski definition) is 6. The van der Waals surface area contributed by atoms with Crippen LogP contribution in [-0.2, 0) is 14.3 Å². The van der Waals surface area contributed by atoms with E-state index in [-0.39, 0.29) is 18.0 Å². The summed E-state index contributed by atoms with van der Waals surface area (Å²) < 4.78 is 4.84. The third-order valence-corrected chi connectivity index (χ3v) is 3.20. The molecule has 134 valence electrons. The molecule has 0 heterocycles. The Labute approximate surface area is 148 Å². The van der Waals surface area contributed by atoms with Gasteiger partial charge in [-0.05, 0) is 43.3 Å². The van der Waals surface area contributed by atoms with Gasteiger partial charge < -0.3 is 15.4 Å². The summed E-state index contributed by atoms with van der Waals surface area (Å²) in [5, 5.41) is 15.3. The van der Waals surface area contributed by atoms with Gasteiger partial charge in [-0.15, -0.1) is 0 Å². The number of carbonyl (C=O) groups excluding carboxylic acids is 3. The Morgan fingerprint density at radius 1 is 0.923 bits per heavy atom. The Hall–Kier alpha value is -3.75. The third kappa shape index (κ3) is 4.87. The zero-order valence-electron chi connectivity index (χ0n) is 13.7. The first-order valence-corrected chi connectivity index (χ1v) is 7.54. The molecular weight excluding hydrogens is 342 g/mol. The fourth-order valence-corrected chi connectivity index (χ4v) is 1.95. The van der Waals surface area contributed by atoms with E-state index < -0.39 is 22.7 Å². The Bertz CT molecular complexity index is 831. The summed E-state index contributed by atoms with van der Waals surface area (Å²) in [5.74, 6) is -2.35. The second kappa shape index (κ2) is 8.38. The summed E-state index contributed by atoms with van der Waals surface area (Å²) in [6, 6.07) is 10.9. The van der Waals surface area contributed by atoms with Gasteiger partial charge in [0, 0.05) is 23.5 Å². The molecule has 0 aliphatic rings. The van der Waals surface area contributed by atoms with Crippen LogP contribution in [0, 0.1) is 10.1 Å². The molecule has 0 atom stereocenters. The molecule has 0 fully saturated rings. The van der Waals surface area contributed by atoms with Crippen molar-refractivity contribution in [3.05, 3.63) is 64.2 Å². The number of rotatable bonds is 5. The van der Waals surface area contributed by atoms with E-state index in [0.29, 0.717) is 11.3 Å². The predicted octanol–water partition coefficient (Wildman–Crippen LogP) is 2.35. The van der Waals surface area contributed by atoms with Gasteiger partial charge in [0.15, 0.2) is 0 Å². The molecule has 0 bridgehead atoms. The summed E-state index contributed by atoms with van der Waals surface area (Å²) in [6.45, 7) is 1.94. The van der Waals surface area contributed by atoms with Crippen LogP contribution in [0.15, 0.2) is 48.5 Å². The molecule has 2 rings (SSSR count). The van der Waals surface area contributed by atoms with Crippen LogP contribution < -0.4 is 10.6 Å². The van der Waals surface area contributed by atoms with Crippen LogP contribution in [0.1, 0.15) is 17.3 Å². The average Bonchev–Trinajstić information content (AvgIpc) is 2.63. The molecule has 0 aliphatic carbocycles. The number of anilines is 2. The quantitative estimate of drug-likeness (QED) is 0.366. The van der Waals surface area contributed by atoms with Crippen molar-refractivity contribution in [2.75, 3.05) is 17.2 Å². The van der Waals surface area contributed by atoms with Gasteiger partial charge >= 0.3 is 17.8 Å². The van der Waals surface area contributed by atoms with Gasteiger partial charge in [-0.1, -0.05) is 0 Å². The van der Waals surface area contributed by atoms with Crippen LogP contribution >= 0.6 is 0 Å². The molecule has 2 amide bonds. The Balaban J connectivity index is 1.95. The lowest BCUT2D eigenvalue weighted by atomic mass is 10.2. The number of non-ortho nitro benzene ring substituents is 1. The number of carbonyl (C=O) groups is 3. The summed E-state index contributed by atoms with van der Waals surface area (Å²) in [7, 11) is 0. The van der Waals surface area contributed by atoms with Gasteiger partial charge in [-0.25, -0.2) is 4.79 Å². The van der Waals surface area contributed by atoms with Gasteiger partial charge in [-0.3, -0.25) is 19.7 Å². The van der Waals surface area contributed by atoms with E-state index in [0.717, 1.165) is 0 Å². The maximum absolute atomic E-state index is 11.9. The fraction of sp³-hybridized carbons (Fsp3) is 0.118. The molecular formula is C17H15N3O6. The van der Waals surface area contributed by atoms with Gasteiger partial charge in [0.1, 0.15) is 0 Å². The van der Waals surface area contributed by atoms with E-state index in [1.807, 2.05) is 0 Å². The molecule has 0 radical (unpaired) electrons. The minimum absolute atomic E-state index is 0.130. The normalized spacial score (nSPS) is 9.88. The van der Waals surface area contributed by atoms with Crippen LogP contribution in [0.4, 0.5) is 17.1 Å².